The van der Waals surface area contributed by atoms with E-state index in [1.807, 2.05) is 0 Å². The number of aliphatic hydroxyl groups excluding tert-OH is 3. The van der Waals surface area contributed by atoms with Crippen molar-refractivity contribution >= 4 is 28.9 Å². The lowest BCUT2D eigenvalue weighted by molar-refractivity contribution is -0.169. The number of rotatable bonds is 3. The van der Waals surface area contributed by atoms with Gasteiger partial charge in [0.25, 0.3) is 5.91 Å². The van der Waals surface area contributed by atoms with Crippen LogP contribution in [0.2, 0.25) is 0 Å². The molecule has 12 heteroatoms. The highest BCUT2D eigenvalue weighted by Crippen LogP contribution is 2.56. The molecule has 0 bridgehead atoms. The first-order valence-corrected chi connectivity index (χ1v) is 10.4. The number of carbonyl (C=O) groups excluding carboxylic acids is 3. The van der Waals surface area contributed by atoms with Crippen LogP contribution >= 0.6 is 0 Å². The fourth-order valence-electron chi connectivity index (χ4n) is 5.70. The van der Waals surface area contributed by atoms with E-state index >= 15 is 0 Å². The molecule has 0 radical (unpaired) electrons. The molecule has 4 rings (SSSR count). The van der Waals surface area contributed by atoms with Crippen molar-refractivity contribution in [3.63, 3.8) is 0 Å². The van der Waals surface area contributed by atoms with Crippen molar-refractivity contribution in [2.75, 3.05) is 14.1 Å². The Labute approximate surface area is 193 Å². The number of hydrogen-bond acceptors (Lipinski definition) is 11. The van der Waals surface area contributed by atoms with Gasteiger partial charge in [-0.25, -0.2) is 5.53 Å². The van der Waals surface area contributed by atoms with Crippen LogP contribution in [0.4, 0.5) is 5.69 Å². The number of phenolic OH excluding ortho intramolecular Hbond substituents is 1. The molecular formula is C22H24N4O8. The second kappa shape index (κ2) is 7.45. The van der Waals surface area contributed by atoms with Gasteiger partial charge in [-0.15, -0.1) is 0 Å². The molecule has 3 aliphatic rings. The molecule has 180 valence electrons. The summed E-state index contributed by atoms with van der Waals surface area (Å²) in [6, 6.07) is 1.41. The number of carbonyl (C=O) groups is 3. The molecule has 34 heavy (non-hydrogen) atoms. The third-order valence-corrected chi connectivity index (χ3v) is 7.23. The van der Waals surface area contributed by atoms with E-state index < -0.39 is 81.4 Å². The molecule has 0 aromatic heterocycles. The molecule has 8 N–H and O–H groups in total. The molecule has 1 fully saturated rings. The Hall–Kier alpha value is -3.61. The number of hydrogen-bond donors (Lipinski definition) is 7. The van der Waals surface area contributed by atoms with Crippen LogP contribution in [0.15, 0.2) is 34.2 Å². The van der Waals surface area contributed by atoms with Crippen molar-refractivity contribution in [2.45, 2.75) is 30.6 Å². The first-order chi connectivity index (χ1) is 15.8. The van der Waals surface area contributed by atoms with Crippen molar-refractivity contribution in [1.29, 1.82) is 5.53 Å². The third-order valence-electron chi connectivity index (χ3n) is 7.23. The van der Waals surface area contributed by atoms with Gasteiger partial charge >= 0.3 is 0 Å². The van der Waals surface area contributed by atoms with E-state index in [4.69, 9.17) is 11.3 Å². The number of nitrogens with two attached hydrogens (primary N) is 1. The van der Waals surface area contributed by atoms with Crippen LogP contribution in [0.5, 0.6) is 5.75 Å². The maximum atomic E-state index is 13.7. The summed E-state index contributed by atoms with van der Waals surface area (Å²) in [5.41, 5.74) is 7.98. The number of nitrogens with one attached hydrogen (secondary N) is 1. The monoisotopic (exact) mass is 472 g/mol. The number of primary amides is 1. The van der Waals surface area contributed by atoms with Crippen LogP contribution in [0.25, 0.3) is 5.76 Å². The van der Waals surface area contributed by atoms with E-state index in [1.165, 1.54) is 31.1 Å². The van der Waals surface area contributed by atoms with Crippen LogP contribution in [0, 0.1) is 17.4 Å². The van der Waals surface area contributed by atoms with E-state index in [0.29, 0.717) is 5.56 Å². The summed E-state index contributed by atoms with van der Waals surface area (Å²) in [5.74, 6) is -9.68. The number of amides is 1. The fourth-order valence-corrected chi connectivity index (χ4v) is 5.70. The lowest BCUT2D eigenvalue weighted by Gasteiger charge is -2.53. The van der Waals surface area contributed by atoms with Gasteiger partial charge in [0.2, 0.25) is 5.78 Å². The number of phenols is 1. The van der Waals surface area contributed by atoms with E-state index in [-0.39, 0.29) is 11.3 Å². The molecule has 3 aliphatic carbocycles. The first-order valence-electron chi connectivity index (χ1n) is 10.4. The van der Waals surface area contributed by atoms with Gasteiger partial charge < -0.3 is 31.3 Å². The summed E-state index contributed by atoms with van der Waals surface area (Å²) in [7, 11) is 2.88. The summed E-state index contributed by atoms with van der Waals surface area (Å²) >= 11 is 0. The van der Waals surface area contributed by atoms with Gasteiger partial charge in [-0.05, 0) is 31.6 Å². The Balaban J connectivity index is 2.07. The Morgan fingerprint density at radius 2 is 1.82 bits per heavy atom. The number of Topliss-reactive ketones (excluding diaryl/α,β-unsaturated/α-hetero) is 2. The van der Waals surface area contributed by atoms with Crippen molar-refractivity contribution in [3.8, 4) is 5.75 Å². The molecule has 1 saturated carbocycles. The van der Waals surface area contributed by atoms with Gasteiger partial charge in [-0.2, -0.15) is 5.11 Å². The minimum atomic E-state index is -2.96. The molecule has 0 saturated heterocycles. The highest BCUT2D eigenvalue weighted by Gasteiger charge is 2.68. The average Bonchev–Trinajstić information content (AvgIpc) is 2.75. The Morgan fingerprint density at radius 1 is 1.21 bits per heavy atom. The van der Waals surface area contributed by atoms with Crippen molar-refractivity contribution in [1.82, 2.24) is 4.90 Å². The number of aliphatic hydroxyl groups is 4. The topological polar surface area (TPSA) is 218 Å². The summed E-state index contributed by atoms with van der Waals surface area (Å²) in [6.45, 7) is 1.62. The molecule has 0 spiro atoms. The predicted molar refractivity (Wildman–Crippen MR) is 115 cm³/mol. The zero-order valence-corrected chi connectivity index (χ0v) is 18.5. The molecule has 1 aromatic rings. The second-order valence-corrected chi connectivity index (χ2v) is 9.06. The van der Waals surface area contributed by atoms with E-state index in [1.54, 1.807) is 6.92 Å². The summed E-state index contributed by atoms with van der Waals surface area (Å²) in [6.07, 6.45) is -1.65. The molecule has 12 nitrogen and oxygen atoms in total. The first kappa shape index (κ1) is 23.5. The molecule has 6 atom stereocenters. The van der Waals surface area contributed by atoms with Gasteiger partial charge in [0.05, 0.1) is 23.6 Å². The fraction of sp³-hybridized carbons (Fsp3) is 0.409. The van der Waals surface area contributed by atoms with Crippen LogP contribution in [0.3, 0.4) is 0 Å². The van der Waals surface area contributed by atoms with E-state index in [2.05, 4.69) is 5.11 Å². The highest BCUT2D eigenvalue weighted by molar-refractivity contribution is 6.24. The van der Waals surface area contributed by atoms with Gasteiger partial charge in [0, 0.05) is 11.5 Å². The number of fused-ring (bicyclic) bond motifs is 3. The molecular weight excluding hydrogens is 448 g/mol. The number of benzene rings is 1. The summed E-state index contributed by atoms with van der Waals surface area (Å²) in [4.78, 5) is 40.1. The maximum Gasteiger partial charge on any atom is 0.255 e. The quantitative estimate of drug-likeness (QED) is 0.235. The van der Waals surface area contributed by atoms with Gasteiger partial charge in [0.1, 0.15) is 22.8 Å². The average molecular weight is 472 g/mol. The number of nitrogens with zero attached hydrogens (tertiary/aromatic N) is 2. The Bertz CT molecular complexity index is 1240. The van der Waals surface area contributed by atoms with Gasteiger partial charge in [-0.3, -0.25) is 19.3 Å². The summed E-state index contributed by atoms with van der Waals surface area (Å²) in [5, 5.41) is 58.6. The number of likely N-dealkylation sites (N-methyl/N-ethyl adjacent to an activating group) is 1. The summed E-state index contributed by atoms with van der Waals surface area (Å²) < 4.78 is 0. The molecule has 0 aliphatic heterocycles. The SMILES string of the molecule is C[C@H]1c2ccc(N=N)c(O)c2C(O)=C2C(=O)[C@]3(O)C(O)=C(C(N)=O)C(=O)[C@@H](N(C)C)C3[C@@H](O)C21. The standard InChI is InChI=1S/C22H24N4O8/c1-6-7-4-5-8(25-24)15(27)10(7)16(28)11-9(6)17(29)13-14(26(2)3)18(30)12(21(23)33)20(32)22(13,34)19(11)31/h4-6,9,13-14,17,24,27-29,32,34H,1-3H3,(H2,23,33)/t6-,9?,13?,14-,17-,22-/m0/s1. The van der Waals surface area contributed by atoms with Crippen LogP contribution in [0.1, 0.15) is 24.0 Å². The van der Waals surface area contributed by atoms with Crippen molar-refractivity contribution < 1.29 is 39.9 Å². The van der Waals surface area contributed by atoms with Crippen molar-refractivity contribution in [2.24, 2.45) is 22.7 Å². The van der Waals surface area contributed by atoms with E-state index in [9.17, 15) is 39.9 Å². The van der Waals surface area contributed by atoms with Gasteiger partial charge in [0.15, 0.2) is 17.1 Å². The lowest BCUT2D eigenvalue weighted by Crippen LogP contribution is -2.70. The third kappa shape index (κ3) is 2.67. The Morgan fingerprint density at radius 3 is 2.35 bits per heavy atom. The smallest absolute Gasteiger partial charge is 0.255 e. The normalized spacial score (nSPS) is 32.9. The number of ketones is 2. The highest BCUT2D eigenvalue weighted by atomic mass is 16.4. The van der Waals surface area contributed by atoms with Crippen LogP contribution in [-0.4, -0.2) is 79.7 Å². The maximum absolute atomic E-state index is 13.7. The van der Waals surface area contributed by atoms with Crippen molar-refractivity contribution in [3.05, 3.63) is 40.2 Å². The zero-order chi connectivity index (χ0) is 25.4. The minimum absolute atomic E-state index is 0.188. The Kier molecular flexibility index (Phi) is 5.16. The molecule has 2 unspecified atom stereocenters. The van der Waals surface area contributed by atoms with Crippen LogP contribution < -0.4 is 5.73 Å². The largest absolute Gasteiger partial charge is 0.508 e. The van der Waals surface area contributed by atoms with E-state index in [0.717, 1.165) is 0 Å². The predicted octanol–water partition coefficient (Wildman–Crippen LogP) is 0.158. The molecule has 1 aromatic carbocycles. The molecule has 0 heterocycles. The van der Waals surface area contributed by atoms with Crippen LogP contribution in [-0.2, 0) is 14.4 Å². The minimum Gasteiger partial charge on any atom is -0.508 e. The van der Waals surface area contributed by atoms with Gasteiger partial charge in [-0.1, -0.05) is 13.0 Å². The number of aromatic hydroxyl groups is 1. The lowest BCUT2D eigenvalue weighted by atomic mass is 9.54. The second-order valence-electron chi connectivity index (χ2n) is 9.06. The zero-order valence-electron chi connectivity index (χ0n) is 18.5. The molecule has 1 amide bonds.